The number of ether oxygens (including phenoxy) is 1. The summed E-state index contributed by atoms with van der Waals surface area (Å²) in [7, 11) is 0. The summed E-state index contributed by atoms with van der Waals surface area (Å²) in [4.78, 5) is 34.3. The molecule has 0 saturated carbocycles. The van der Waals surface area contributed by atoms with Crippen LogP contribution in [0, 0.1) is 10.1 Å². The smallest absolute Gasteiger partial charge is 0.338 e. The lowest BCUT2D eigenvalue weighted by Crippen LogP contribution is -2.21. The van der Waals surface area contributed by atoms with Gasteiger partial charge in [-0.05, 0) is 23.6 Å². The molecule has 0 atom stereocenters. The van der Waals surface area contributed by atoms with Gasteiger partial charge in [0.05, 0.1) is 10.5 Å². The lowest BCUT2D eigenvalue weighted by atomic mass is 10.1. The summed E-state index contributed by atoms with van der Waals surface area (Å²) in [6.07, 6.45) is 0. The first-order chi connectivity index (χ1) is 13.0. The lowest BCUT2D eigenvalue weighted by Gasteiger charge is -2.09. The molecule has 0 saturated heterocycles. The number of carbonyl (C=O) groups is 2. The fourth-order valence-corrected chi connectivity index (χ4v) is 2.56. The Morgan fingerprint density at radius 2 is 1.81 bits per heavy atom. The van der Waals surface area contributed by atoms with Crippen molar-refractivity contribution < 1.29 is 19.2 Å². The van der Waals surface area contributed by atoms with Crippen LogP contribution in [0.1, 0.15) is 10.4 Å². The number of nitrogen functional groups attached to an aromatic ring is 1. The molecule has 0 radical (unpaired) electrons. The Labute approximate surface area is 153 Å². The Morgan fingerprint density at radius 3 is 2.59 bits per heavy atom. The van der Waals surface area contributed by atoms with Gasteiger partial charge in [-0.1, -0.05) is 36.4 Å². The monoisotopic (exact) mass is 365 g/mol. The van der Waals surface area contributed by atoms with E-state index in [9.17, 15) is 19.7 Å². The summed E-state index contributed by atoms with van der Waals surface area (Å²) in [5.41, 5.74) is 5.56. The second-order valence-corrected chi connectivity index (χ2v) is 5.68. The maximum atomic E-state index is 12.1. The van der Waals surface area contributed by atoms with Crippen LogP contribution in [0.2, 0.25) is 0 Å². The predicted octanol–water partition coefficient (Wildman–Crippen LogP) is 3.13. The predicted molar refractivity (Wildman–Crippen MR) is 100 cm³/mol. The van der Waals surface area contributed by atoms with Crippen molar-refractivity contribution in [2.75, 3.05) is 17.7 Å². The minimum absolute atomic E-state index is 0.0612. The first-order valence-electron chi connectivity index (χ1n) is 7.94. The highest BCUT2D eigenvalue weighted by molar-refractivity contribution is 6.03. The van der Waals surface area contributed by atoms with Crippen LogP contribution in [-0.2, 0) is 9.53 Å². The molecule has 3 aromatic carbocycles. The lowest BCUT2D eigenvalue weighted by molar-refractivity contribution is -0.383. The van der Waals surface area contributed by atoms with Crippen LogP contribution in [0.25, 0.3) is 10.8 Å². The Balaban J connectivity index is 1.66. The number of amides is 1. The van der Waals surface area contributed by atoms with Gasteiger partial charge < -0.3 is 15.8 Å². The van der Waals surface area contributed by atoms with Crippen LogP contribution in [0.15, 0.2) is 60.7 Å². The number of hydrogen-bond donors (Lipinski definition) is 2. The number of benzene rings is 3. The number of rotatable bonds is 5. The fourth-order valence-electron chi connectivity index (χ4n) is 2.56. The van der Waals surface area contributed by atoms with Crippen LogP contribution < -0.4 is 11.1 Å². The zero-order valence-corrected chi connectivity index (χ0v) is 14.0. The molecule has 1 amide bonds. The Morgan fingerprint density at radius 1 is 1.07 bits per heavy atom. The van der Waals surface area contributed by atoms with Gasteiger partial charge in [0.15, 0.2) is 6.61 Å². The van der Waals surface area contributed by atoms with Crippen molar-refractivity contribution in [3.8, 4) is 0 Å². The van der Waals surface area contributed by atoms with Crippen LogP contribution in [0.5, 0.6) is 0 Å². The molecule has 8 nitrogen and oxygen atoms in total. The third-order valence-corrected chi connectivity index (χ3v) is 3.86. The molecule has 0 unspecified atom stereocenters. The average Bonchev–Trinajstić information content (AvgIpc) is 2.66. The van der Waals surface area contributed by atoms with E-state index in [0.717, 1.165) is 16.8 Å². The molecular formula is C19H15N3O5. The maximum absolute atomic E-state index is 12.1. The van der Waals surface area contributed by atoms with Crippen LogP contribution >= 0.6 is 0 Å². The van der Waals surface area contributed by atoms with Crippen LogP contribution in [0.3, 0.4) is 0 Å². The van der Waals surface area contributed by atoms with Crippen molar-refractivity contribution in [3.05, 3.63) is 76.3 Å². The summed E-state index contributed by atoms with van der Waals surface area (Å²) in [6.45, 7) is -0.528. The number of nitrogens with one attached hydrogen (secondary N) is 1. The van der Waals surface area contributed by atoms with Crippen molar-refractivity contribution in [1.82, 2.24) is 0 Å². The molecule has 8 heteroatoms. The van der Waals surface area contributed by atoms with Crippen LogP contribution in [-0.4, -0.2) is 23.4 Å². The molecule has 27 heavy (non-hydrogen) atoms. The van der Waals surface area contributed by atoms with Gasteiger partial charge in [0.1, 0.15) is 5.69 Å². The molecule has 136 valence electrons. The van der Waals surface area contributed by atoms with E-state index in [1.807, 2.05) is 30.3 Å². The molecule has 0 heterocycles. The summed E-state index contributed by atoms with van der Waals surface area (Å²) in [5, 5.41) is 15.4. The Hall–Kier alpha value is -3.94. The summed E-state index contributed by atoms with van der Waals surface area (Å²) in [5.74, 6) is -1.38. The minimum Gasteiger partial charge on any atom is -0.452 e. The van der Waals surface area contributed by atoms with E-state index >= 15 is 0 Å². The quantitative estimate of drug-likeness (QED) is 0.310. The van der Waals surface area contributed by atoms with Gasteiger partial charge >= 0.3 is 5.97 Å². The molecule has 0 aliphatic rings. The zero-order valence-electron chi connectivity index (χ0n) is 14.0. The molecule has 3 rings (SSSR count). The second kappa shape index (κ2) is 7.52. The van der Waals surface area contributed by atoms with E-state index in [4.69, 9.17) is 10.5 Å². The summed E-state index contributed by atoms with van der Waals surface area (Å²) >= 11 is 0. The molecule has 0 fully saturated rings. The number of anilines is 2. The van der Waals surface area contributed by atoms with Crippen LogP contribution in [0.4, 0.5) is 17.1 Å². The van der Waals surface area contributed by atoms with Gasteiger partial charge in [-0.2, -0.15) is 0 Å². The van der Waals surface area contributed by atoms with E-state index in [2.05, 4.69) is 5.32 Å². The van der Waals surface area contributed by atoms with Gasteiger partial charge in [-0.25, -0.2) is 4.79 Å². The van der Waals surface area contributed by atoms with E-state index < -0.39 is 29.1 Å². The highest BCUT2D eigenvalue weighted by Gasteiger charge is 2.17. The van der Waals surface area contributed by atoms with E-state index in [1.165, 1.54) is 12.1 Å². The van der Waals surface area contributed by atoms with Gasteiger partial charge in [0.2, 0.25) is 0 Å². The maximum Gasteiger partial charge on any atom is 0.338 e. The number of nitrogens with two attached hydrogens (primary N) is 1. The number of fused-ring (bicyclic) bond motifs is 1. The van der Waals surface area contributed by atoms with Crippen molar-refractivity contribution in [1.29, 1.82) is 0 Å². The van der Waals surface area contributed by atoms with Gasteiger partial charge in [-0.15, -0.1) is 0 Å². The van der Waals surface area contributed by atoms with Crippen molar-refractivity contribution >= 4 is 39.7 Å². The third-order valence-electron chi connectivity index (χ3n) is 3.86. The molecule has 3 aromatic rings. The third kappa shape index (κ3) is 4.01. The molecule has 0 aliphatic carbocycles. The highest BCUT2D eigenvalue weighted by Crippen LogP contribution is 2.24. The summed E-state index contributed by atoms with van der Waals surface area (Å²) < 4.78 is 4.93. The molecule has 0 aromatic heterocycles. The molecule has 3 N–H and O–H groups in total. The number of nitro benzene ring substituents is 1. The summed E-state index contributed by atoms with van der Waals surface area (Å²) in [6, 6.07) is 16.5. The number of esters is 1. The number of nitro groups is 1. The number of nitrogens with zero attached hydrogens (tertiary/aromatic N) is 1. The first-order valence-corrected chi connectivity index (χ1v) is 7.94. The second-order valence-electron chi connectivity index (χ2n) is 5.68. The standard InChI is InChI=1S/C19H15N3O5/c20-15-9-8-13(10-17(15)22(25)26)19(24)27-11-18(23)21-16-7-3-5-12-4-1-2-6-14(12)16/h1-10H,11,20H2,(H,21,23). The normalized spacial score (nSPS) is 10.4. The van der Waals surface area contributed by atoms with E-state index in [1.54, 1.807) is 12.1 Å². The SMILES string of the molecule is Nc1ccc(C(=O)OCC(=O)Nc2cccc3ccccc23)cc1[N+](=O)[O-]. The molecule has 0 bridgehead atoms. The number of carbonyl (C=O) groups excluding carboxylic acids is 2. The highest BCUT2D eigenvalue weighted by atomic mass is 16.6. The van der Waals surface area contributed by atoms with Gasteiger partial charge in [0, 0.05) is 17.1 Å². The molecular weight excluding hydrogens is 350 g/mol. The zero-order chi connectivity index (χ0) is 19.4. The Kier molecular flexibility index (Phi) is 4.98. The number of hydrogen-bond acceptors (Lipinski definition) is 6. The average molecular weight is 365 g/mol. The van der Waals surface area contributed by atoms with Crippen molar-refractivity contribution in [3.63, 3.8) is 0 Å². The topological polar surface area (TPSA) is 125 Å². The first kappa shape index (κ1) is 17.9. The van der Waals surface area contributed by atoms with Gasteiger partial charge in [-0.3, -0.25) is 14.9 Å². The Bertz CT molecular complexity index is 1040. The molecule has 0 aliphatic heterocycles. The van der Waals surface area contributed by atoms with Crippen molar-refractivity contribution in [2.24, 2.45) is 0 Å². The van der Waals surface area contributed by atoms with Gasteiger partial charge in [0.25, 0.3) is 11.6 Å². The fraction of sp³-hybridized carbons (Fsp3) is 0.0526. The molecule has 0 spiro atoms. The largest absolute Gasteiger partial charge is 0.452 e. The minimum atomic E-state index is -0.855. The van der Waals surface area contributed by atoms with E-state index in [-0.39, 0.29) is 11.3 Å². The van der Waals surface area contributed by atoms with E-state index in [0.29, 0.717) is 5.69 Å². The van der Waals surface area contributed by atoms with Crippen molar-refractivity contribution in [2.45, 2.75) is 0 Å².